The van der Waals surface area contributed by atoms with E-state index in [1.807, 2.05) is 6.08 Å². The minimum atomic E-state index is -0.219. The van der Waals surface area contributed by atoms with Gasteiger partial charge in [-0.25, -0.2) is 0 Å². The minimum absolute atomic E-state index is 0.0618. The van der Waals surface area contributed by atoms with Crippen LogP contribution in [0.4, 0.5) is 0 Å². The van der Waals surface area contributed by atoms with E-state index in [0.29, 0.717) is 6.54 Å². The van der Waals surface area contributed by atoms with Crippen molar-refractivity contribution in [3.63, 3.8) is 0 Å². The van der Waals surface area contributed by atoms with Crippen LogP contribution in [0.5, 0.6) is 0 Å². The third-order valence-electron chi connectivity index (χ3n) is 2.55. The normalized spacial score (nSPS) is 10.5. The smallest absolute Gasteiger partial charge is 0.195 e. The standard InChI is InChI=1S/C13H27N5/c1-2-3-4-5-6-7-8-9-10-11-17-13(16)18-12(14)15/h9-10H,2-8,11H2,1H3,(H6,14,15,16,17,18). The third kappa shape index (κ3) is 12.5. The zero-order valence-electron chi connectivity index (χ0n) is 11.4. The van der Waals surface area contributed by atoms with Gasteiger partial charge in [0.15, 0.2) is 11.9 Å². The summed E-state index contributed by atoms with van der Waals surface area (Å²) in [5, 5.41) is 19.5. The SMILES string of the molecule is CCCCCCCCC=CCNC(=N)NC(=N)N. The molecule has 5 heteroatoms. The number of rotatable bonds is 9. The molecule has 0 amide bonds. The molecular formula is C13H27N5. The van der Waals surface area contributed by atoms with E-state index < -0.39 is 0 Å². The summed E-state index contributed by atoms with van der Waals surface area (Å²) in [6, 6.07) is 0. The first-order valence-corrected chi connectivity index (χ1v) is 6.75. The highest BCUT2D eigenvalue weighted by Crippen LogP contribution is 2.06. The Morgan fingerprint density at radius 1 is 1.06 bits per heavy atom. The molecule has 0 heterocycles. The van der Waals surface area contributed by atoms with Gasteiger partial charge in [-0.2, -0.15) is 0 Å². The number of allylic oxidation sites excluding steroid dienone is 1. The average Bonchev–Trinajstić information content (AvgIpc) is 2.30. The number of guanidine groups is 2. The molecule has 18 heavy (non-hydrogen) atoms. The Morgan fingerprint density at radius 3 is 2.39 bits per heavy atom. The molecule has 0 aromatic rings. The Kier molecular flexibility index (Phi) is 10.9. The molecule has 6 N–H and O–H groups in total. The van der Waals surface area contributed by atoms with Crippen LogP contribution in [0.15, 0.2) is 12.2 Å². The van der Waals surface area contributed by atoms with E-state index in [9.17, 15) is 0 Å². The molecule has 0 spiro atoms. The van der Waals surface area contributed by atoms with Crippen molar-refractivity contribution in [3.8, 4) is 0 Å². The molecule has 0 aromatic heterocycles. The highest BCUT2D eigenvalue weighted by molar-refractivity contribution is 5.94. The molecule has 0 aliphatic heterocycles. The summed E-state index contributed by atoms with van der Waals surface area (Å²) >= 11 is 0. The van der Waals surface area contributed by atoms with E-state index in [4.69, 9.17) is 16.6 Å². The molecule has 0 saturated heterocycles. The van der Waals surface area contributed by atoms with Crippen molar-refractivity contribution in [3.05, 3.63) is 12.2 Å². The van der Waals surface area contributed by atoms with E-state index in [1.165, 1.54) is 38.5 Å². The second-order valence-electron chi connectivity index (χ2n) is 4.32. The van der Waals surface area contributed by atoms with Crippen molar-refractivity contribution in [2.75, 3.05) is 6.54 Å². The molecule has 0 rings (SSSR count). The summed E-state index contributed by atoms with van der Waals surface area (Å²) in [4.78, 5) is 0. The number of hydrogen-bond donors (Lipinski definition) is 5. The fraction of sp³-hybridized carbons (Fsp3) is 0.692. The van der Waals surface area contributed by atoms with Gasteiger partial charge in [-0.15, -0.1) is 0 Å². The summed E-state index contributed by atoms with van der Waals surface area (Å²) in [7, 11) is 0. The van der Waals surface area contributed by atoms with Gasteiger partial charge in [-0.1, -0.05) is 51.2 Å². The number of nitrogens with two attached hydrogens (primary N) is 1. The quantitative estimate of drug-likeness (QED) is 0.189. The molecule has 5 nitrogen and oxygen atoms in total. The number of unbranched alkanes of at least 4 members (excludes halogenated alkanes) is 6. The van der Waals surface area contributed by atoms with Gasteiger partial charge < -0.3 is 11.1 Å². The van der Waals surface area contributed by atoms with Gasteiger partial charge in [-0.3, -0.25) is 16.1 Å². The van der Waals surface area contributed by atoms with E-state index in [2.05, 4.69) is 23.6 Å². The van der Waals surface area contributed by atoms with Crippen LogP contribution in [0.2, 0.25) is 0 Å². The van der Waals surface area contributed by atoms with Crippen molar-refractivity contribution in [2.24, 2.45) is 5.73 Å². The maximum atomic E-state index is 7.35. The van der Waals surface area contributed by atoms with Crippen LogP contribution in [0.25, 0.3) is 0 Å². The summed E-state index contributed by atoms with van der Waals surface area (Å²) in [5.74, 6) is -0.157. The predicted molar refractivity (Wildman–Crippen MR) is 77.9 cm³/mol. The highest BCUT2D eigenvalue weighted by Gasteiger charge is 1.92. The Bertz CT molecular complexity index is 260. The van der Waals surface area contributed by atoms with Gasteiger partial charge in [0, 0.05) is 6.54 Å². The van der Waals surface area contributed by atoms with Crippen LogP contribution in [0, 0.1) is 10.8 Å². The molecule has 104 valence electrons. The number of hydrogen-bond acceptors (Lipinski definition) is 2. The average molecular weight is 253 g/mol. The molecular weight excluding hydrogens is 226 g/mol. The summed E-state index contributed by atoms with van der Waals surface area (Å²) in [6.45, 7) is 2.82. The van der Waals surface area contributed by atoms with Gasteiger partial charge in [0.25, 0.3) is 0 Å². The zero-order chi connectivity index (χ0) is 13.6. The molecule has 0 aliphatic carbocycles. The predicted octanol–water partition coefficient (Wildman–Crippen LogP) is 2.30. The van der Waals surface area contributed by atoms with Crippen molar-refractivity contribution in [1.82, 2.24) is 10.6 Å². The first kappa shape index (κ1) is 16.5. The Balaban J connectivity index is 3.28. The maximum Gasteiger partial charge on any atom is 0.195 e. The first-order valence-electron chi connectivity index (χ1n) is 6.75. The minimum Gasteiger partial charge on any atom is -0.370 e. The Hall–Kier alpha value is -1.52. The van der Waals surface area contributed by atoms with Crippen LogP contribution in [-0.4, -0.2) is 18.5 Å². The lowest BCUT2D eigenvalue weighted by molar-refractivity contribution is 0.611. The van der Waals surface area contributed by atoms with Crippen LogP contribution in [0.3, 0.4) is 0 Å². The molecule has 0 radical (unpaired) electrons. The summed E-state index contributed by atoms with van der Waals surface area (Å²) < 4.78 is 0. The van der Waals surface area contributed by atoms with Gasteiger partial charge >= 0.3 is 0 Å². The molecule has 0 bridgehead atoms. The van der Waals surface area contributed by atoms with Gasteiger partial charge in [0.05, 0.1) is 0 Å². The van der Waals surface area contributed by atoms with Crippen LogP contribution < -0.4 is 16.4 Å². The van der Waals surface area contributed by atoms with Crippen LogP contribution in [0.1, 0.15) is 51.9 Å². The second kappa shape index (κ2) is 12.0. The molecule has 0 atom stereocenters. The lowest BCUT2D eigenvalue weighted by atomic mass is 10.1. The van der Waals surface area contributed by atoms with Crippen LogP contribution >= 0.6 is 0 Å². The third-order valence-corrected chi connectivity index (χ3v) is 2.55. The Labute approximate surface area is 110 Å². The molecule has 0 unspecified atom stereocenters. The fourth-order valence-corrected chi connectivity index (χ4v) is 1.58. The van der Waals surface area contributed by atoms with Crippen molar-refractivity contribution in [2.45, 2.75) is 51.9 Å². The Morgan fingerprint density at radius 2 is 1.72 bits per heavy atom. The molecule has 0 fully saturated rings. The van der Waals surface area contributed by atoms with Crippen molar-refractivity contribution >= 4 is 11.9 Å². The molecule has 0 saturated carbocycles. The van der Waals surface area contributed by atoms with Crippen molar-refractivity contribution < 1.29 is 0 Å². The van der Waals surface area contributed by atoms with Crippen LogP contribution in [-0.2, 0) is 0 Å². The highest BCUT2D eigenvalue weighted by atomic mass is 15.2. The summed E-state index contributed by atoms with van der Waals surface area (Å²) in [5.41, 5.74) is 5.09. The lowest BCUT2D eigenvalue weighted by Gasteiger charge is -2.05. The van der Waals surface area contributed by atoms with E-state index in [0.717, 1.165) is 6.42 Å². The van der Waals surface area contributed by atoms with Crippen molar-refractivity contribution in [1.29, 1.82) is 10.8 Å². The topological polar surface area (TPSA) is 97.8 Å². The maximum absolute atomic E-state index is 7.35. The van der Waals surface area contributed by atoms with E-state index >= 15 is 0 Å². The van der Waals surface area contributed by atoms with Gasteiger partial charge in [-0.05, 0) is 12.8 Å². The largest absolute Gasteiger partial charge is 0.370 e. The summed E-state index contributed by atoms with van der Waals surface area (Å²) in [6.07, 6.45) is 13.1. The van der Waals surface area contributed by atoms with E-state index in [1.54, 1.807) is 0 Å². The molecule has 0 aromatic carbocycles. The van der Waals surface area contributed by atoms with E-state index in [-0.39, 0.29) is 11.9 Å². The zero-order valence-corrected chi connectivity index (χ0v) is 11.4. The second-order valence-corrected chi connectivity index (χ2v) is 4.32. The molecule has 0 aliphatic rings. The fourth-order valence-electron chi connectivity index (χ4n) is 1.58. The van der Waals surface area contributed by atoms with Gasteiger partial charge in [0.1, 0.15) is 0 Å². The number of nitrogens with one attached hydrogen (secondary N) is 4. The first-order chi connectivity index (χ1) is 8.66. The monoisotopic (exact) mass is 253 g/mol. The van der Waals surface area contributed by atoms with Gasteiger partial charge in [0.2, 0.25) is 0 Å². The lowest BCUT2D eigenvalue weighted by Crippen LogP contribution is -2.43.